The van der Waals surface area contributed by atoms with Crippen molar-refractivity contribution >= 4 is 10.9 Å². The number of fused-ring (bicyclic) bond motifs is 1. The van der Waals surface area contributed by atoms with Crippen LogP contribution in [-0.2, 0) is 0 Å². The molecule has 18 heavy (non-hydrogen) atoms. The van der Waals surface area contributed by atoms with Crippen LogP contribution in [0, 0.1) is 5.82 Å². The van der Waals surface area contributed by atoms with Gasteiger partial charge in [-0.05, 0) is 18.9 Å². The molecule has 0 amide bonds. The van der Waals surface area contributed by atoms with Crippen molar-refractivity contribution in [3.63, 3.8) is 0 Å². The third-order valence-electron chi connectivity index (χ3n) is 3.10. The smallest absolute Gasteiger partial charge is 0.329 e. The van der Waals surface area contributed by atoms with Gasteiger partial charge < -0.3 is 4.74 Å². The number of halogens is 1. The van der Waals surface area contributed by atoms with Gasteiger partial charge in [-0.25, -0.2) is 9.18 Å². The molecule has 94 valence electrons. The molecule has 3 rings (SSSR count). The summed E-state index contributed by atoms with van der Waals surface area (Å²) in [4.78, 5) is 25.8. The van der Waals surface area contributed by atoms with Gasteiger partial charge in [-0.2, -0.15) is 0 Å². The Morgan fingerprint density at radius 3 is 2.72 bits per heavy atom. The molecular formula is C12H11FN2O3. The summed E-state index contributed by atoms with van der Waals surface area (Å²) in [5.41, 5.74) is -0.695. The second kappa shape index (κ2) is 3.69. The lowest BCUT2D eigenvalue weighted by Crippen LogP contribution is -2.30. The SMILES string of the molecule is COc1cc(F)cc2c(=O)[nH]c(=O)n(C3CC3)c12. The maximum absolute atomic E-state index is 13.4. The highest BCUT2D eigenvalue weighted by Crippen LogP contribution is 2.37. The minimum absolute atomic E-state index is 0.0659. The normalized spacial score (nSPS) is 15.0. The lowest BCUT2D eigenvalue weighted by molar-refractivity contribution is 0.413. The molecule has 6 heteroatoms. The van der Waals surface area contributed by atoms with E-state index in [9.17, 15) is 14.0 Å². The second-order valence-electron chi connectivity index (χ2n) is 4.36. The quantitative estimate of drug-likeness (QED) is 0.870. The summed E-state index contributed by atoms with van der Waals surface area (Å²) in [7, 11) is 1.39. The van der Waals surface area contributed by atoms with Gasteiger partial charge in [-0.3, -0.25) is 14.3 Å². The second-order valence-corrected chi connectivity index (χ2v) is 4.36. The summed E-state index contributed by atoms with van der Waals surface area (Å²) >= 11 is 0. The van der Waals surface area contributed by atoms with Crippen molar-refractivity contribution in [1.29, 1.82) is 0 Å². The molecule has 0 atom stereocenters. The van der Waals surface area contributed by atoms with E-state index in [1.165, 1.54) is 17.7 Å². The predicted octanol–water partition coefficient (Wildman–Crippen LogP) is 1.17. The summed E-state index contributed by atoms with van der Waals surface area (Å²) in [5, 5.41) is 0.137. The third-order valence-corrected chi connectivity index (χ3v) is 3.10. The van der Waals surface area contributed by atoms with Gasteiger partial charge in [-0.1, -0.05) is 0 Å². The minimum atomic E-state index is -0.593. The zero-order valence-electron chi connectivity index (χ0n) is 9.70. The van der Waals surface area contributed by atoms with E-state index in [1.807, 2.05) is 0 Å². The van der Waals surface area contributed by atoms with Crippen LogP contribution in [0.4, 0.5) is 4.39 Å². The van der Waals surface area contributed by atoms with Gasteiger partial charge in [0.1, 0.15) is 17.1 Å². The molecule has 1 saturated carbocycles. The van der Waals surface area contributed by atoms with Crippen LogP contribution >= 0.6 is 0 Å². The van der Waals surface area contributed by atoms with E-state index >= 15 is 0 Å². The van der Waals surface area contributed by atoms with Crippen LogP contribution in [0.1, 0.15) is 18.9 Å². The van der Waals surface area contributed by atoms with E-state index < -0.39 is 17.1 Å². The number of aromatic nitrogens is 2. The van der Waals surface area contributed by atoms with Crippen molar-refractivity contribution in [3.8, 4) is 5.75 Å². The molecule has 1 fully saturated rings. The van der Waals surface area contributed by atoms with Crippen LogP contribution in [0.2, 0.25) is 0 Å². The van der Waals surface area contributed by atoms with Crippen LogP contribution in [-0.4, -0.2) is 16.7 Å². The number of nitrogens with one attached hydrogen (secondary N) is 1. The van der Waals surface area contributed by atoms with Crippen LogP contribution < -0.4 is 16.0 Å². The first-order valence-electron chi connectivity index (χ1n) is 5.64. The Balaban J connectivity index is 2.53. The van der Waals surface area contributed by atoms with Gasteiger partial charge in [0.05, 0.1) is 12.5 Å². The lowest BCUT2D eigenvalue weighted by Gasteiger charge is -2.11. The van der Waals surface area contributed by atoms with Gasteiger partial charge in [-0.15, -0.1) is 0 Å². The van der Waals surface area contributed by atoms with Crippen LogP contribution in [0.3, 0.4) is 0 Å². The lowest BCUT2D eigenvalue weighted by atomic mass is 10.2. The fourth-order valence-electron chi connectivity index (χ4n) is 2.16. The Morgan fingerprint density at radius 1 is 1.39 bits per heavy atom. The summed E-state index contributed by atoms with van der Waals surface area (Å²) in [5.74, 6) is -0.356. The molecule has 0 radical (unpaired) electrons. The summed E-state index contributed by atoms with van der Waals surface area (Å²) in [6.07, 6.45) is 1.75. The molecular weight excluding hydrogens is 239 g/mol. The molecule has 1 aliphatic carbocycles. The summed E-state index contributed by atoms with van der Waals surface area (Å²) in [6, 6.07) is 2.37. The van der Waals surface area contributed by atoms with E-state index in [0.717, 1.165) is 18.9 Å². The Morgan fingerprint density at radius 2 is 2.11 bits per heavy atom. The number of rotatable bonds is 2. The first-order chi connectivity index (χ1) is 8.61. The molecule has 1 heterocycles. The van der Waals surface area contributed by atoms with Crippen molar-refractivity contribution in [2.24, 2.45) is 0 Å². The number of aromatic amines is 1. The molecule has 0 spiro atoms. The van der Waals surface area contributed by atoms with E-state index in [0.29, 0.717) is 5.52 Å². The first kappa shape index (κ1) is 11.0. The molecule has 0 bridgehead atoms. The van der Waals surface area contributed by atoms with Crippen molar-refractivity contribution in [2.75, 3.05) is 7.11 Å². The highest BCUT2D eigenvalue weighted by atomic mass is 19.1. The molecule has 2 aromatic rings. The summed E-state index contributed by atoms with van der Waals surface area (Å²) < 4.78 is 20.0. The maximum Gasteiger partial charge on any atom is 0.329 e. The number of hydrogen-bond acceptors (Lipinski definition) is 3. The predicted molar refractivity (Wildman–Crippen MR) is 63.6 cm³/mol. The van der Waals surface area contributed by atoms with Crippen LogP contribution in [0.15, 0.2) is 21.7 Å². The molecule has 1 aliphatic rings. The highest BCUT2D eigenvalue weighted by molar-refractivity contribution is 5.84. The molecule has 1 aromatic carbocycles. The Labute approximate surface area is 101 Å². The Kier molecular flexibility index (Phi) is 2.26. The van der Waals surface area contributed by atoms with E-state index in [-0.39, 0.29) is 17.2 Å². The maximum atomic E-state index is 13.4. The van der Waals surface area contributed by atoms with Gasteiger partial charge in [0, 0.05) is 12.1 Å². The van der Waals surface area contributed by atoms with Crippen LogP contribution in [0.5, 0.6) is 5.75 Å². The molecule has 1 N–H and O–H groups in total. The van der Waals surface area contributed by atoms with E-state index in [2.05, 4.69) is 4.98 Å². The number of nitrogens with zero attached hydrogens (tertiary/aromatic N) is 1. The zero-order valence-corrected chi connectivity index (χ0v) is 9.70. The monoisotopic (exact) mass is 250 g/mol. The van der Waals surface area contributed by atoms with E-state index in [4.69, 9.17) is 4.74 Å². The minimum Gasteiger partial charge on any atom is -0.494 e. The number of hydrogen-bond donors (Lipinski definition) is 1. The van der Waals surface area contributed by atoms with Gasteiger partial charge >= 0.3 is 5.69 Å². The molecule has 0 saturated heterocycles. The highest BCUT2D eigenvalue weighted by Gasteiger charge is 2.28. The number of benzene rings is 1. The standard InChI is InChI=1S/C12H11FN2O3/c1-18-9-5-6(13)4-8-10(9)15(7-2-3-7)12(17)14-11(8)16/h4-5,7H,2-3H2,1H3,(H,14,16,17). The molecule has 0 unspecified atom stereocenters. The largest absolute Gasteiger partial charge is 0.494 e. The average Bonchev–Trinajstić information content (AvgIpc) is 3.13. The molecule has 1 aromatic heterocycles. The number of methoxy groups -OCH3 is 1. The van der Waals surface area contributed by atoms with Crippen LogP contribution in [0.25, 0.3) is 10.9 Å². The summed E-state index contributed by atoms with van der Waals surface area (Å²) in [6.45, 7) is 0. The Hall–Kier alpha value is -2.11. The third kappa shape index (κ3) is 1.53. The van der Waals surface area contributed by atoms with Crippen molar-refractivity contribution in [2.45, 2.75) is 18.9 Å². The van der Waals surface area contributed by atoms with Crippen molar-refractivity contribution in [3.05, 3.63) is 38.8 Å². The topological polar surface area (TPSA) is 64.1 Å². The van der Waals surface area contributed by atoms with E-state index in [1.54, 1.807) is 0 Å². The zero-order chi connectivity index (χ0) is 12.9. The van der Waals surface area contributed by atoms with Crippen molar-refractivity contribution in [1.82, 2.24) is 9.55 Å². The number of ether oxygens (including phenoxy) is 1. The fraction of sp³-hybridized carbons (Fsp3) is 0.333. The molecule has 0 aliphatic heterocycles. The Bertz CT molecular complexity index is 743. The number of H-pyrrole nitrogens is 1. The average molecular weight is 250 g/mol. The van der Waals surface area contributed by atoms with Gasteiger partial charge in [0.2, 0.25) is 0 Å². The van der Waals surface area contributed by atoms with Gasteiger partial charge in [0.15, 0.2) is 0 Å². The molecule has 5 nitrogen and oxygen atoms in total. The first-order valence-corrected chi connectivity index (χ1v) is 5.64. The fourth-order valence-corrected chi connectivity index (χ4v) is 2.16. The van der Waals surface area contributed by atoms with Gasteiger partial charge in [0.25, 0.3) is 5.56 Å². The van der Waals surface area contributed by atoms with Crippen molar-refractivity contribution < 1.29 is 9.13 Å².